The number of hydrogen-bond acceptors (Lipinski definition) is 8. The molecule has 2 atom stereocenters. The van der Waals surface area contributed by atoms with Crippen molar-refractivity contribution in [2.24, 2.45) is 0 Å². The van der Waals surface area contributed by atoms with Gasteiger partial charge in [-0.3, -0.25) is 8.37 Å². The van der Waals surface area contributed by atoms with Gasteiger partial charge in [-0.05, 0) is 63.6 Å². The Bertz CT molecular complexity index is 1600. The highest BCUT2D eigenvalue weighted by atomic mass is 32.2. The molecular formula is C26H29NO8S3. The number of sulfonamides is 1. The molecule has 0 aliphatic carbocycles. The summed E-state index contributed by atoms with van der Waals surface area (Å²) in [6.45, 7) is 4.65. The van der Waals surface area contributed by atoms with E-state index in [1.165, 1.54) is 36.4 Å². The standard InChI is InChI=1S/C26H29NO8S3/c1-19-4-10-24(11-5-19)36(28,29)27-17-23(35-38(32,33)26-14-8-21(3)9-15-26)16-22(27)18-34-37(30,31)25-12-6-20(2)7-13-25/h4-15,22-23H,16-18H2,1-3H3/t22-,23+/m0/s1. The molecule has 0 saturated carbocycles. The summed E-state index contributed by atoms with van der Waals surface area (Å²) in [5, 5.41) is 0. The lowest BCUT2D eigenvalue weighted by Crippen LogP contribution is -2.39. The van der Waals surface area contributed by atoms with E-state index in [4.69, 9.17) is 8.37 Å². The van der Waals surface area contributed by atoms with Gasteiger partial charge in [-0.1, -0.05) is 53.1 Å². The van der Waals surface area contributed by atoms with Gasteiger partial charge in [0.15, 0.2) is 0 Å². The number of nitrogens with zero attached hydrogens (tertiary/aromatic N) is 1. The third-order valence-electron chi connectivity index (χ3n) is 6.25. The molecule has 0 N–H and O–H groups in total. The zero-order valence-electron chi connectivity index (χ0n) is 21.1. The maximum Gasteiger partial charge on any atom is 0.297 e. The van der Waals surface area contributed by atoms with Gasteiger partial charge in [0.05, 0.1) is 33.4 Å². The third-order valence-corrected chi connectivity index (χ3v) is 10.9. The summed E-state index contributed by atoms with van der Waals surface area (Å²) < 4.78 is 90.1. The molecule has 4 rings (SSSR count). The molecule has 1 aliphatic rings. The molecule has 0 bridgehead atoms. The fourth-order valence-corrected chi connectivity index (χ4v) is 7.76. The van der Waals surface area contributed by atoms with Crippen molar-refractivity contribution in [3.8, 4) is 0 Å². The Morgan fingerprint density at radius 2 is 1.08 bits per heavy atom. The molecule has 0 unspecified atom stereocenters. The van der Waals surface area contributed by atoms with Crippen LogP contribution < -0.4 is 0 Å². The van der Waals surface area contributed by atoms with Crippen LogP contribution in [0.2, 0.25) is 0 Å². The highest BCUT2D eigenvalue weighted by molar-refractivity contribution is 7.89. The maximum atomic E-state index is 13.5. The first-order chi connectivity index (χ1) is 17.8. The lowest BCUT2D eigenvalue weighted by Gasteiger charge is -2.23. The molecule has 0 spiro atoms. The molecule has 1 saturated heterocycles. The predicted octanol–water partition coefficient (Wildman–Crippen LogP) is 3.55. The van der Waals surface area contributed by atoms with Crippen molar-refractivity contribution in [3.05, 3.63) is 89.5 Å². The second kappa shape index (κ2) is 10.9. The van der Waals surface area contributed by atoms with Gasteiger partial charge in [0, 0.05) is 6.54 Å². The molecule has 1 aliphatic heterocycles. The van der Waals surface area contributed by atoms with Crippen LogP contribution >= 0.6 is 0 Å². The van der Waals surface area contributed by atoms with E-state index >= 15 is 0 Å². The van der Waals surface area contributed by atoms with Crippen LogP contribution in [0.15, 0.2) is 87.5 Å². The van der Waals surface area contributed by atoms with E-state index in [9.17, 15) is 25.3 Å². The summed E-state index contributed by atoms with van der Waals surface area (Å²) in [5.74, 6) is 0. The van der Waals surface area contributed by atoms with E-state index in [1.54, 1.807) is 36.4 Å². The van der Waals surface area contributed by atoms with Crippen LogP contribution in [0.1, 0.15) is 23.1 Å². The lowest BCUT2D eigenvalue weighted by molar-refractivity contribution is 0.218. The van der Waals surface area contributed by atoms with Gasteiger partial charge in [0.2, 0.25) is 10.0 Å². The predicted molar refractivity (Wildman–Crippen MR) is 141 cm³/mol. The van der Waals surface area contributed by atoms with Crippen molar-refractivity contribution in [2.45, 2.75) is 54.0 Å². The van der Waals surface area contributed by atoms with Gasteiger partial charge in [-0.2, -0.15) is 21.1 Å². The van der Waals surface area contributed by atoms with E-state index in [0.29, 0.717) is 0 Å². The molecule has 38 heavy (non-hydrogen) atoms. The molecule has 3 aromatic carbocycles. The van der Waals surface area contributed by atoms with E-state index < -0.39 is 49.0 Å². The molecule has 0 radical (unpaired) electrons. The minimum Gasteiger partial charge on any atom is -0.265 e. The second-order valence-electron chi connectivity index (χ2n) is 9.31. The molecule has 0 aromatic heterocycles. The van der Waals surface area contributed by atoms with E-state index in [1.807, 2.05) is 20.8 Å². The van der Waals surface area contributed by atoms with Gasteiger partial charge < -0.3 is 0 Å². The summed E-state index contributed by atoms with van der Waals surface area (Å²) in [6.07, 6.45) is -1.13. The molecule has 1 heterocycles. The Kier molecular flexibility index (Phi) is 8.12. The molecule has 3 aromatic rings. The van der Waals surface area contributed by atoms with Crippen molar-refractivity contribution >= 4 is 30.3 Å². The topological polar surface area (TPSA) is 124 Å². The monoisotopic (exact) mass is 579 g/mol. The number of rotatable bonds is 9. The normalized spacial score (nSPS) is 19.0. The number of benzene rings is 3. The van der Waals surface area contributed by atoms with Crippen LogP contribution in [0, 0.1) is 20.8 Å². The van der Waals surface area contributed by atoms with Crippen molar-refractivity contribution < 1.29 is 33.6 Å². The minimum absolute atomic E-state index is 0.00321. The smallest absolute Gasteiger partial charge is 0.265 e. The van der Waals surface area contributed by atoms with Gasteiger partial charge >= 0.3 is 0 Å². The average Bonchev–Trinajstić information content (AvgIpc) is 3.26. The fourth-order valence-electron chi connectivity index (χ4n) is 4.09. The molecule has 9 nitrogen and oxygen atoms in total. The van der Waals surface area contributed by atoms with Crippen molar-refractivity contribution in [2.75, 3.05) is 13.2 Å². The van der Waals surface area contributed by atoms with Gasteiger partial charge in [0.25, 0.3) is 20.2 Å². The van der Waals surface area contributed by atoms with Crippen LogP contribution in [-0.2, 0) is 38.6 Å². The summed E-state index contributed by atoms with van der Waals surface area (Å²) in [5.41, 5.74) is 2.59. The van der Waals surface area contributed by atoms with Crippen LogP contribution in [0.5, 0.6) is 0 Å². The van der Waals surface area contributed by atoms with Crippen molar-refractivity contribution in [1.29, 1.82) is 0 Å². The summed E-state index contributed by atoms with van der Waals surface area (Å²) in [7, 11) is -12.5. The van der Waals surface area contributed by atoms with Crippen LogP contribution in [0.25, 0.3) is 0 Å². The number of aryl methyl sites for hydroxylation is 3. The fraction of sp³-hybridized carbons (Fsp3) is 0.308. The summed E-state index contributed by atoms with van der Waals surface area (Å²) in [4.78, 5) is -0.127. The quantitative estimate of drug-likeness (QED) is 0.353. The van der Waals surface area contributed by atoms with Gasteiger partial charge in [-0.25, -0.2) is 8.42 Å². The van der Waals surface area contributed by atoms with Crippen LogP contribution in [0.3, 0.4) is 0 Å². The Morgan fingerprint density at radius 3 is 1.55 bits per heavy atom. The zero-order valence-corrected chi connectivity index (χ0v) is 23.6. The number of hydrogen-bond donors (Lipinski definition) is 0. The van der Waals surface area contributed by atoms with Crippen LogP contribution in [-0.4, -0.2) is 54.9 Å². The van der Waals surface area contributed by atoms with Crippen molar-refractivity contribution in [1.82, 2.24) is 4.31 Å². The Hall–Kier alpha value is -2.61. The second-order valence-corrected chi connectivity index (χ2v) is 14.4. The Labute approximate surface area is 224 Å². The Balaban J connectivity index is 1.60. The largest absolute Gasteiger partial charge is 0.297 e. The zero-order chi connectivity index (χ0) is 27.7. The SMILES string of the molecule is Cc1ccc(S(=O)(=O)OC[C@@H]2C[C@@H](OS(=O)(=O)c3ccc(C)cc3)CN2S(=O)(=O)c2ccc(C)cc2)cc1. The first kappa shape index (κ1) is 28.4. The highest BCUT2D eigenvalue weighted by Crippen LogP contribution is 2.31. The van der Waals surface area contributed by atoms with Crippen LogP contribution in [0.4, 0.5) is 0 Å². The molecular weight excluding hydrogens is 550 g/mol. The molecule has 12 heteroatoms. The van der Waals surface area contributed by atoms with E-state index in [0.717, 1.165) is 21.0 Å². The summed E-state index contributed by atoms with van der Waals surface area (Å²) >= 11 is 0. The van der Waals surface area contributed by atoms with E-state index in [-0.39, 0.29) is 27.7 Å². The highest BCUT2D eigenvalue weighted by Gasteiger charge is 2.43. The third kappa shape index (κ3) is 6.33. The minimum atomic E-state index is -4.19. The Morgan fingerprint density at radius 1 is 0.658 bits per heavy atom. The first-order valence-corrected chi connectivity index (χ1v) is 16.1. The van der Waals surface area contributed by atoms with E-state index in [2.05, 4.69) is 0 Å². The molecule has 1 fully saturated rings. The average molecular weight is 580 g/mol. The first-order valence-electron chi connectivity index (χ1n) is 11.8. The van der Waals surface area contributed by atoms with Gasteiger partial charge in [-0.15, -0.1) is 0 Å². The lowest BCUT2D eigenvalue weighted by atomic mass is 10.2. The van der Waals surface area contributed by atoms with Gasteiger partial charge in [0.1, 0.15) is 0 Å². The summed E-state index contributed by atoms with van der Waals surface area (Å²) in [6, 6.07) is 17.3. The molecule has 0 amide bonds. The van der Waals surface area contributed by atoms with Crippen molar-refractivity contribution in [3.63, 3.8) is 0 Å². The molecule has 204 valence electrons. The maximum absolute atomic E-state index is 13.5.